The number of nitrogens with zero attached hydrogens (tertiary/aromatic N) is 3. The summed E-state index contributed by atoms with van der Waals surface area (Å²) >= 11 is 5.96. The molecule has 6 nitrogen and oxygen atoms in total. The molecule has 100 valence electrons. The van der Waals surface area contributed by atoms with Gasteiger partial charge in [-0.1, -0.05) is 32.4 Å². The van der Waals surface area contributed by atoms with Gasteiger partial charge in [0.25, 0.3) is 5.91 Å². The molecule has 2 heterocycles. The third-order valence-electron chi connectivity index (χ3n) is 2.47. The predicted molar refractivity (Wildman–Crippen MR) is 72.3 cm³/mol. The van der Waals surface area contributed by atoms with Crippen LogP contribution >= 0.6 is 11.6 Å². The number of carbonyl (C=O) groups excluding carboxylic acids is 1. The Bertz CT molecular complexity index is 589. The van der Waals surface area contributed by atoms with Crippen molar-refractivity contribution in [1.82, 2.24) is 20.2 Å². The Morgan fingerprint density at radius 1 is 1.37 bits per heavy atom. The van der Waals surface area contributed by atoms with Gasteiger partial charge < -0.3 is 0 Å². The van der Waals surface area contributed by atoms with Crippen molar-refractivity contribution in [3.05, 3.63) is 34.9 Å². The lowest BCUT2D eigenvalue weighted by atomic mass is 9.91. The van der Waals surface area contributed by atoms with Crippen LogP contribution in [-0.2, 0) is 5.41 Å². The molecular formula is C12H14ClN5O. The lowest BCUT2D eigenvalue weighted by Gasteiger charge is -2.18. The van der Waals surface area contributed by atoms with Crippen LogP contribution in [0.4, 0.5) is 5.95 Å². The zero-order chi connectivity index (χ0) is 14.0. The lowest BCUT2D eigenvalue weighted by molar-refractivity contribution is 0.102. The molecule has 2 aromatic rings. The largest absolute Gasteiger partial charge is 0.291 e. The summed E-state index contributed by atoms with van der Waals surface area (Å²) < 4.78 is 0. The first-order valence-electron chi connectivity index (χ1n) is 5.71. The van der Waals surface area contributed by atoms with Crippen molar-refractivity contribution in [3.8, 4) is 0 Å². The van der Waals surface area contributed by atoms with E-state index in [4.69, 9.17) is 11.6 Å². The first-order valence-corrected chi connectivity index (χ1v) is 6.09. The summed E-state index contributed by atoms with van der Waals surface area (Å²) in [6.45, 7) is 6.01. The van der Waals surface area contributed by atoms with E-state index in [9.17, 15) is 4.79 Å². The Kier molecular flexibility index (Phi) is 3.53. The number of aromatic amines is 1. The standard InChI is InChI=1S/C12H14ClN5O/c1-12(2,3)8-4-7(5-9(13)16-8)10(19)17-11-14-6-15-18-11/h4-6H,1-3H3,(H2,14,15,17,18,19). The van der Waals surface area contributed by atoms with Crippen LogP contribution in [0.15, 0.2) is 18.5 Å². The van der Waals surface area contributed by atoms with Gasteiger partial charge in [0, 0.05) is 16.7 Å². The Balaban J connectivity index is 2.29. The molecule has 0 aliphatic rings. The van der Waals surface area contributed by atoms with Gasteiger partial charge in [0.2, 0.25) is 5.95 Å². The summed E-state index contributed by atoms with van der Waals surface area (Å²) in [6.07, 6.45) is 1.32. The Morgan fingerprint density at radius 3 is 2.68 bits per heavy atom. The Labute approximate surface area is 115 Å². The van der Waals surface area contributed by atoms with Gasteiger partial charge in [0.05, 0.1) is 0 Å². The van der Waals surface area contributed by atoms with Crippen LogP contribution in [-0.4, -0.2) is 26.1 Å². The zero-order valence-electron chi connectivity index (χ0n) is 10.9. The second-order valence-corrected chi connectivity index (χ2v) is 5.49. The first kappa shape index (κ1) is 13.5. The van der Waals surface area contributed by atoms with Gasteiger partial charge in [-0.05, 0) is 12.1 Å². The molecular weight excluding hydrogens is 266 g/mol. The van der Waals surface area contributed by atoms with E-state index in [2.05, 4.69) is 25.5 Å². The summed E-state index contributed by atoms with van der Waals surface area (Å²) in [7, 11) is 0. The molecule has 0 aliphatic heterocycles. The van der Waals surface area contributed by atoms with Crippen molar-refractivity contribution >= 4 is 23.5 Å². The van der Waals surface area contributed by atoms with Crippen molar-refractivity contribution in [1.29, 1.82) is 0 Å². The number of pyridine rings is 1. The van der Waals surface area contributed by atoms with Crippen molar-refractivity contribution in [3.63, 3.8) is 0 Å². The third kappa shape index (κ3) is 3.29. The number of anilines is 1. The number of nitrogens with one attached hydrogen (secondary N) is 2. The van der Waals surface area contributed by atoms with E-state index in [1.807, 2.05) is 20.8 Å². The average Bonchev–Trinajstić information content (AvgIpc) is 2.79. The number of carbonyl (C=O) groups is 1. The van der Waals surface area contributed by atoms with Crippen molar-refractivity contribution in [2.75, 3.05) is 5.32 Å². The summed E-state index contributed by atoms with van der Waals surface area (Å²) in [6, 6.07) is 3.24. The molecule has 0 unspecified atom stereocenters. The summed E-state index contributed by atoms with van der Waals surface area (Å²) in [5.74, 6) is -0.0261. The van der Waals surface area contributed by atoms with E-state index >= 15 is 0 Å². The number of hydrogen-bond donors (Lipinski definition) is 2. The van der Waals surface area contributed by atoms with Gasteiger partial charge in [-0.2, -0.15) is 10.1 Å². The normalized spacial score (nSPS) is 11.4. The molecule has 0 aliphatic carbocycles. The molecule has 0 bridgehead atoms. The number of rotatable bonds is 2. The summed E-state index contributed by atoms with van der Waals surface area (Å²) in [5, 5.41) is 9.09. The lowest BCUT2D eigenvalue weighted by Crippen LogP contribution is -2.18. The quantitative estimate of drug-likeness (QED) is 0.827. The monoisotopic (exact) mass is 279 g/mol. The summed E-state index contributed by atoms with van der Waals surface area (Å²) in [5.41, 5.74) is 0.996. The minimum Gasteiger partial charge on any atom is -0.291 e. The fourth-order valence-corrected chi connectivity index (χ4v) is 1.67. The van der Waals surface area contributed by atoms with Crippen LogP contribution in [0.2, 0.25) is 5.15 Å². The van der Waals surface area contributed by atoms with E-state index < -0.39 is 0 Å². The molecule has 2 N–H and O–H groups in total. The molecule has 0 fully saturated rings. The van der Waals surface area contributed by atoms with Gasteiger partial charge in [-0.3, -0.25) is 10.1 Å². The molecule has 2 rings (SSSR count). The fraction of sp³-hybridized carbons (Fsp3) is 0.333. The van der Waals surface area contributed by atoms with E-state index in [1.54, 1.807) is 6.07 Å². The van der Waals surface area contributed by atoms with Gasteiger partial charge in [-0.15, -0.1) is 0 Å². The van der Waals surface area contributed by atoms with E-state index in [0.29, 0.717) is 5.56 Å². The molecule has 0 radical (unpaired) electrons. The van der Waals surface area contributed by atoms with Crippen LogP contribution in [0, 0.1) is 0 Å². The van der Waals surface area contributed by atoms with E-state index in [0.717, 1.165) is 5.69 Å². The number of aromatic nitrogens is 4. The molecule has 0 atom stereocenters. The van der Waals surface area contributed by atoms with Crippen LogP contribution in [0.3, 0.4) is 0 Å². The maximum absolute atomic E-state index is 12.1. The van der Waals surface area contributed by atoms with E-state index in [-0.39, 0.29) is 22.4 Å². The molecule has 0 saturated carbocycles. The highest BCUT2D eigenvalue weighted by molar-refractivity contribution is 6.29. The maximum Gasteiger partial charge on any atom is 0.258 e. The maximum atomic E-state index is 12.1. The van der Waals surface area contributed by atoms with Crippen LogP contribution in [0.5, 0.6) is 0 Å². The number of H-pyrrole nitrogens is 1. The number of halogens is 1. The van der Waals surface area contributed by atoms with Crippen LogP contribution < -0.4 is 5.32 Å². The second kappa shape index (κ2) is 4.97. The molecule has 19 heavy (non-hydrogen) atoms. The van der Waals surface area contributed by atoms with Gasteiger partial charge in [0.1, 0.15) is 11.5 Å². The highest BCUT2D eigenvalue weighted by atomic mass is 35.5. The van der Waals surface area contributed by atoms with E-state index in [1.165, 1.54) is 12.4 Å². The molecule has 0 aromatic carbocycles. The fourth-order valence-electron chi connectivity index (χ4n) is 1.46. The van der Waals surface area contributed by atoms with Gasteiger partial charge >= 0.3 is 0 Å². The van der Waals surface area contributed by atoms with Crippen LogP contribution in [0.1, 0.15) is 36.8 Å². The van der Waals surface area contributed by atoms with Crippen molar-refractivity contribution in [2.24, 2.45) is 0 Å². The predicted octanol–water partition coefficient (Wildman–Crippen LogP) is 2.40. The molecule has 2 aromatic heterocycles. The minimum absolute atomic E-state index is 0.188. The zero-order valence-corrected chi connectivity index (χ0v) is 11.6. The second-order valence-electron chi connectivity index (χ2n) is 5.10. The molecule has 1 amide bonds. The molecule has 7 heteroatoms. The Hall–Kier alpha value is -1.95. The Morgan fingerprint density at radius 2 is 2.11 bits per heavy atom. The van der Waals surface area contributed by atoms with Crippen molar-refractivity contribution < 1.29 is 4.79 Å². The molecule has 0 spiro atoms. The highest BCUT2D eigenvalue weighted by Gasteiger charge is 2.19. The topological polar surface area (TPSA) is 83.6 Å². The smallest absolute Gasteiger partial charge is 0.258 e. The van der Waals surface area contributed by atoms with Crippen molar-refractivity contribution in [2.45, 2.75) is 26.2 Å². The van der Waals surface area contributed by atoms with Crippen LogP contribution in [0.25, 0.3) is 0 Å². The van der Waals surface area contributed by atoms with Gasteiger partial charge in [0.15, 0.2) is 0 Å². The average molecular weight is 280 g/mol. The number of amides is 1. The SMILES string of the molecule is CC(C)(C)c1cc(C(=O)Nc2ncn[nH]2)cc(Cl)n1. The molecule has 0 saturated heterocycles. The number of hydrogen-bond acceptors (Lipinski definition) is 4. The third-order valence-corrected chi connectivity index (χ3v) is 2.67. The first-order chi connectivity index (χ1) is 8.86. The van der Waals surface area contributed by atoms with Gasteiger partial charge in [-0.25, -0.2) is 10.1 Å². The minimum atomic E-state index is -0.313. The highest BCUT2D eigenvalue weighted by Crippen LogP contribution is 2.23. The summed E-state index contributed by atoms with van der Waals surface area (Å²) in [4.78, 5) is 20.1.